The van der Waals surface area contributed by atoms with Gasteiger partial charge in [-0.2, -0.15) is 0 Å². The number of benzene rings is 1. The van der Waals surface area contributed by atoms with Crippen molar-refractivity contribution < 1.29 is 4.79 Å². The van der Waals surface area contributed by atoms with Crippen molar-refractivity contribution in [2.24, 2.45) is 5.73 Å². The van der Waals surface area contributed by atoms with Crippen LogP contribution in [0.4, 0.5) is 0 Å². The molecule has 1 aromatic carbocycles. The summed E-state index contributed by atoms with van der Waals surface area (Å²) in [5.41, 5.74) is 6.00. The summed E-state index contributed by atoms with van der Waals surface area (Å²) in [6.07, 6.45) is 3.41. The molecule has 2 rings (SSSR count). The molecule has 0 saturated carbocycles. The van der Waals surface area contributed by atoms with Crippen molar-refractivity contribution in [3.05, 3.63) is 42.2 Å². The summed E-state index contributed by atoms with van der Waals surface area (Å²) in [6.45, 7) is 0.0431. The van der Waals surface area contributed by atoms with Crippen LogP contribution in [0, 0.1) is 0 Å². The lowest BCUT2D eigenvalue weighted by atomic mass is 10.0. The average molecular weight is 186 g/mol. The molecule has 2 N–H and O–H groups in total. The summed E-state index contributed by atoms with van der Waals surface area (Å²) in [5.74, 6) is -0.0400. The Bertz CT molecular complexity index is 474. The number of hydrogen-bond acceptors (Lipinski definition) is 3. The maximum atomic E-state index is 11.5. The summed E-state index contributed by atoms with van der Waals surface area (Å²) >= 11 is 0. The first-order chi connectivity index (χ1) is 6.83. The van der Waals surface area contributed by atoms with Crippen LogP contribution < -0.4 is 5.73 Å². The highest BCUT2D eigenvalue weighted by molar-refractivity contribution is 6.08. The molecule has 0 unspecified atom stereocenters. The number of carbonyl (C=O) groups excluding carboxylic acids is 1. The van der Waals surface area contributed by atoms with Crippen molar-refractivity contribution in [2.45, 2.75) is 0 Å². The van der Waals surface area contributed by atoms with Gasteiger partial charge in [0.05, 0.1) is 6.54 Å². The van der Waals surface area contributed by atoms with E-state index in [1.807, 2.05) is 18.2 Å². The predicted molar refractivity (Wildman–Crippen MR) is 55.1 cm³/mol. The molecular weight excluding hydrogens is 176 g/mol. The number of nitrogens with two attached hydrogens (primary N) is 1. The van der Waals surface area contributed by atoms with Crippen LogP contribution in [0.3, 0.4) is 0 Å². The van der Waals surface area contributed by atoms with E-state index in [1.54, 1.807) is 18.5 Å². The van der Waals surface area contributed by atoms with Crippen LogP contribution in [-0.2, 0) is 0 Å². The number of ketones is 1. The van der Waals surface area contributed by atoms with Gasteiger partial charge in [0, 0.05) is 23.3 Å². The van der Waals surface area contributed by atoms with Gasteiger partial charge in [-0.15, -0.1) is 0 Å². The molecule has 3 heteroatoms. The van der Waals surface area contributed by atoms with Crippen molar-refractivity contribution in [1.82, 2.24) is 4.98 Å². The second-order valence-corrected chi connectivity index (χ2v) is 3.03. The molecule has 0 saturated heterocycles. The first-order valence-corrected chi connectivity index (χ1v) is 4.39. The van der Waals surface area contributed by atoms with E-state index in [9.17, 15) is 4.79 Å². The van der Waals surface area contributed by atoms with Crippen LogP contribution in [0.5, 0.6) is 0 Å². The summed E-state index contributed by atoms with van der Waals surface area (Å²) in [4.78, 5) is 15.5. The van der Waals surface area contributed by atoms with Crippen molar-refractivity contribution in [2.75, 3.05) is 6.54 Å². The van der Waals surface area contributed by atoms with Gasteiger partial charge in [0.25, 0.3) is 0 Å². The number of pyridine rings is 1. The summed E-state index contributed by atoms with van der Waals surface area (Å²) < 4.78 is 0. The number of hydrogen-bond donors (Lipinski definition) is 1. The molecule has 0 aliphatic rings. The van der Waals surface area contributed by atoms with Gasteiger partial charge in [-0.05, 0) is 11.5 Å². The quantitative estimate of drug-likeness (QED) is 0.721. The van der Waals surface area contributed by atoms with Gasteiger partial charge >= 0.3 is 0 Å². The molecule has 0 amide bonds. The SMILES string of the molecule is NCC(=O)c1cccc2cnccc12. The minimum atomic E-state index is -0.0400. The second kappa shape index (κ2) is 3.55. The molecule has 1 heterocycles. The topological polar surface area (TPSA) is 56.0 Å². The van der Waals surface area contributed by atoms with Gasteiger partial charge in [-0.25, -0.2) is 0 Å². The molecular formula is C11H10N2O. The summed E-state index contributed by atoms with van der Waals surface area (Å²) in [5, 5.41) is 1.88. The Kier molecular flexibility index (Phi) is 2.24. The van der Waals surface area contributed by atoms with Crippen LogP contribution >= 0.6 is 0 Å². The van der Waals surface area contributed by atoms with Crippen LogP contribution in [0.15, 0.2) is 36.7 Å². The van der Waals surface area contributed by atoms with Crippen molar-refractivity contribution in [1.29, 1.82) is 0 Å². The van der Waals surface area contributed by atoms with Gasteiger partial charge in [0.15, 0.2) is 5.78 Å². The number of aromatic nitrogens is 1. The molecule has 0 aliphatic heterocycles. The Morgan fingerprint density at radius 1 is 1.36 bits per heavy atom. The largest absolute Gasteiger partial charge is 0.324 e. The molecule has 3 nitrogen and oxygen atoms in total. The lowest BCUT2D eigenvalue weighted by Gasteiger charge is -2.02. The fraction of sp³-hybridized carbons (Fsp3) is 0.0909. The lowest BCUT2D eigenvalue weighted by Crippen LogP contribution is -2.13. The standard InChI is InChI=1S/C11H10N2O/c12-6-11(14)10-3-1-2-8-7-13-5-4-9(8)10/h1-5,7H,6,12H2. The normalized spacial score (nSPS) is 10.4. The van der Waals surface area contributed by atoms with Gasteiger partial charge in [0.1, 0.15) is 0 Å². The lowest BCUT2D eigenvalue weighted by molar-refractivity contribution is 0.100. The average Bonchev–Trinajstić information content (AvgIpc) is 2.27. The highest BCUT2D eigenvalue weighted by Crippen LogP contribution is 2.17. The highest BCUT2D eigenvalue weighted by atomic mass is 16.1. The molecule has 14 heavy (non-hydrogen) atoms. The molecule has 1 aromatic heterocycles. The van der Waals surface area contributed by atoms with E-state index in [2.05, 4.69) is 4.98 Å². The van der Waals surface area contributed by atoms with E-state index in [-0.39, 0.29) is 12.3 Å². The van der Waals surface area contributed by atoms with E-state index in [4.69, 9.17) is 5.73 Å². The zero-order chi connectivity index (χ0) is 9.97. The maximum Gasteiger partial charge on any atom is 0.177 e. The molecule has 0 bridgehead atoms. The zero-order valence-electron chi connectivity index (χ0n) is 7.60. The molecule has 0 fully saturated rings. The van der Waals surface area contributed by atoms with E-state index >= 15 is 0 Å². The van der Waals surface area contributed by atoms with Crippen molar-refractivity contribution in [3.63, 3.8) is 0 Å². The highest BCUT2D eigenvalue weighted by Gasteiger charge is 2.06. The van der Waals surface area contributed by atoms with Crippen LogP contribution in [0.1, 0.15) is 10.4 Å². The van der Waals surface area contributed by atoms with Crippen molar-refractivity contribution >= 4 is 16.6 Å². The predicted octanol–water partition coefficient (Wildman–Crippen LogP) is 1.38. The second-order valence-electron chi connectivity index (χ2n) is 3.03. The monoisotopic (exact) mass is 186 g/mol. The summed E-state index contributed by atoms with van der Waals surface area (Å²) in [6, 6.07) is 7.39. The molecule has 0 aliphatic carbocycles. The summed E-state index contributed by atoms with van der Waals surface area (Å²) in [7, 11) is 0. The van der Waals surface area contributed by atoms with Crippen LogP contribution in [-0.4, -0.2) is 17.3 Å². The van der Waals surface area contributed by atoms with E-state index in [0.29, 0.717) is 5.56 Å². The molecule has 0 atom stereocenters. The molecule has 0 radical (unpaired) electrons. The third-order valence-corrected chi connectivity index (χ3v) is 2.17. The number of rotatable bonds is 2. The first-order valence-electron chi connectivity index (χ1n) is 4.39. The minimum absolute atomic E-state index is 0.0400. The Hall–Kier alpha value is -1.74. The first kappa shape index (κ1) is 8.84. The number of fused-ring (bicyclic) bond motifs is 1. The zero-order valence-corrected chi connectivity index (χ0v) is 7.60. The Morgan fingerprint density at radius 3 is 3.00 bits per heavy atom. The molecule has 2 aromatic rings. The molecule has 0 spiro atoms. The Labute approximate surface area is 81.6 Å². The third kappa shape index (κ3) is 1.38. The number of carbonyl (C=O) groups is 1. The fourth-order valence-corrected chi connectivity index (χ4v) is 1.48. The fourth-order valence-electron chi connectivity index (χ4n) is 1.48. The smallest absolute Gasteiger partial charge is 0.177 e. The van der Waals surface area contributed by atoms with Crippen LogP contribution in [0.2, 0.25) is 0 Å². The number of Topliss-reactive ketones (excluding diaryl/α,β-unsaturated/α-hetero) is 1. The van der Waals surface area contributed by atoms with Crippen molar-refractivity contribution in [3.8, 4) is 0 Å². The number of nitrogens with zero attached hydrogens (tertiary/aromatic N) is 1. The Balaban J connectivity index is 2.71. The van der Waals surface area contributed by atoms with Gasteiger partial charge in [-0.1, -0.05) is 18.2 Å². The van der Waals surface area contributed by atoms with E-state index < -0.39 is 0 Å². The van der Waals surface area contributed by atoms with E-state index in [0.717, 1.165) is 10.8 Å². The third-order valence-electron chi connectivity index (χ3n) is 2.17. The Morgan fingerprint density at radius 2 is 2.21 bits per heavy atom. The minimum Gasteiger partial charge on any atom is -0.324 e. The van der Waals surface area contributed by atoms with E-state index in [1.165, 1.54) is 0 Å². The maximum absolute atomic E-state index is 11.5. The molecule has 70 valence electrons. The van der Waals surface area contributed by atoms with Gasteiger partial charge in [-0.3, -0.25) is 9.78 Å². The van der Waals surface area contributed by atoms with Gasteiger partial charge < -0.3 is 5.73 Å². The van der Waals surface area contributed by atoms with Crippen LogP contribution in [0.25, 0.3) is 10.8 Å². The van der Waals surface area contributed by atoms with Gasteiger partial charge in [0.2, 0.25) is 0 Å².